The average molecular weight is 299 g/mol. The minimum Gasteiger partial charge on any atom is -0.353 e. The number of hydrogen-bond donors (Lipinski definition) is 2. The first kappa shape index (κ1) is 15.6. The van der Waals surface area contributed by atoms with Crippen molar-refractivity contribution in [2.45, 2.75) is 37.1 Å². The van der Waals surface area contributed by atoms with Gasteiger partial charge in [0.05, 0.1) is 6.42 Å². The second-order valence-electron chi connectivity index (χ2n) is 5.34. The maximum absolute atomic E-state index is 12.0. The third-order valence-corrected chi connectivity index (χ3v) is 3.72. The highest BCUT2D eigenvalue weighted by Gasteiger charge is 2.08. The van der Waals surface area contributed by atoms with Crippen LogP contribution in [0.4, 0.5) is 0 Å². The van der Waals surface area contributed by atoms with E-state index in [4.69, 9.17) is 0 Å². The maximum atomic E-state index is 12.0. The van der Waals surface area contributed by atoms with Crippen LogP contribution >= 0.6 is 12.6 Å². The Morgan fingerprint density at radius 3 is 2.38 bits per heavy atom. The Labute approximate surface area is 132 Å². The van der Waals surface area contributed by atoms with Gasteiger partial charge in [-0.05, 0) is 43.0 Å². The van der Waals surface area contributed by atoms with Gasteiger partial charge >= 0.3 is 0 Å². The van der Waals surface area contributed by atoms with Crippen molar-refractivity contribution in [3.8, 4) is 0 Å². The summed E-state index contributed by atoms with van der Waals surface area (Å²) in [5.41, 5.74) is 2.32. The van der Waals surface area contributed by atoms with E-state index in [0.29, 0.717) is 6.42 Å². The van der Waals surface area contributed by atoms with E-state index in [0.717, 1.165) is 23.3 Å². The van der Waals surface area contributed by atoms with Crippen LogP contribution in [0.15, 0.2) is 59.5 Å². The molecular formula is C18H21NOS. The Bertz CT molecular complexity index is 566. The summed E-state index contributed by atoms with van der Waals surface area (Å²) in [4.78, 5) is 12.9. The Balaban J connectivity index is 1.75. The standard InChI is InChI=1S/C18H21NOS/c1-14(7-8-15-5-3-2-4-6-15)19-18(20)13-16-9-11-17(21)12-10-16/h2-6,9-12,14,21H,7-8,13H2,1H3,(H,19,20). The first-order valence-corrected chi connectivity index (χ1v) is 7.69. The number of aryl methyl sites for hydroxylation is 1. The van der Waals surface area contributed by atoms with Gasteiger partial charge in [0, 0.05) is 10.9 Å². The molecule has 2 nitrogen and oxygen atoms in total. The number of thiol groups is 1. The SMILES string of the molecule is CC(CCc1ccccc1)NC(=O)Cc1ccc(S)cc1. The van der Waals surface area contributed by atoms with Gasteiger partial charge in [-0.15, -0.1) is 12.6 Å². The van der Waals surface area contributed by atoms with Crippen molar-refractivity contribution < 1.29 is 4.79 Å². The van der Waals surface area contributed by atoms with Gasteiger partial charge in [-0.1, -0.05) is 42.5 Å². The molecule has 1 amide bonds. The lowest BCUT2D eigenvalue weighted by Gasteiger charge is -2.14. The summed E-state index contributed by atoms with van der Waals surface area (Å²) in [5, 5.41) is 3.06. The van der Waals surface area contributed by atoms with Gasteiger partial charge in [-0.3, -0.25) is 4.79 Å². The molecule has 0 saturated carbocycles. The molecule has 0 fully saturated rings. The van der Waals surface area contributed by atoms with E-state index in [1.54, 1.807) is 0 Å². The normalized spacial score (nSPS) is 11.9. The third kappa shape index (κ3) is 5.64. The largest absolute Gasteiger partial charge is 0.353 e. The number of carbonyl (C=O) groups excluding carboxylic acids is 1. The second kappa shape index (κ2) is 7.89. The fourth-order valence-electron chi connectivity index (χ4n) is 2.23. The van der Waals surface area contributed by atoms with Crippen LogP contribution in [0.1, 0.15) is 24.5 Å². The molecule has 2 aromatic carbocycles. The van der Waals surface area contributed by atoms with Crippen molar-refractivity contribution in [2.75, 3.05) is 0 Å². The highest BCUT2D eigenvalue weighted by atomic mass is 32.1. The number of benzene rings is 2. The number of carbonyl (C=O) groups is 1. The lowest BCUT2D eigenvalue weighted by Crippen LogP contribution is -2.34. The van der Waals surface area contributed by atoms with E-state index >= 15 is 0 Å². The van der Waals surface area contributed by atoms with E-state index in [1.165, 1.54) is 5.56 Å². The predicted octanol–water partition coefficient (Wildman–Crippen LogP) is 3.66. The molecular weight excluding hydrogens is 278 g/mol. The van der Waals surface area contributed by atoms with Crippen LogP contribution in [0.2, 0.25) is 0 Å². The second-order valence-corrected chi connectivity index (χ2v) is 5.85. The predicted molar refractivity (Wildman–Crippen MR) is 89.8 cm³/mol. The maximum Gasteiger partial charge on any atom is 0.224 e. The molecule has 0 radical (unpaired) electrons. The highest BCUT2D eigenvalue weighted by molar-refractivity contribution is 7.80. The fraction of sp³-hybridized carbons (Fsp3) is 0.278. The molecule has 0 aliphatic heterocycles. The van der Waals surface area contributed by atoms with E-state index < -0.39 is 0 Å². The first-order chi connectivity index (χ1) is 10.1. The minimum absolute atomic E-state index is 0.0717. The molecule has 110 valence electrons. The molecule has 1 unspecified atom stereocenters. The molecule has 0 aliphatic rings. The van der Waals surface area contributed by atoms with E-state index in [1.807, 2.05) is 42.5 Å². The van der Waals surface area contributed by atoms with Crippen LogP contribution in [-0.4, -0.2) is 11.9 Å². The van der Waals surface area contributed by atoms with Gasteiger partial charge in [0.2, 0.25) is 5.91 Å². The van der Waals surface area contributed by atoms with Crippen LogP contribution in [-0.2, 0) is 17.6 Å². The molecule has 0 heterocycles. The number of nitrogens with one attached hydrogen (secondary N) is 1. The lowest BCUT2D eigenvalue weighted by molar-refractivity contribution is -0.121. The van der Waals surface area contributed by atoms with Gasteiger partial charge in [-0.25, -0.2) is 0 Å². The van der Waals surface area contributed by atoms with Gasteiger partial charge < -0.3 is 5.32 Å². The zero-order chi connectivity index (χ0) is 15.1. The van der Waals surface area contributed by atoms with E-state index in [9.17, 15) is 4.79 Å². The zero-order valence-electron chi connectivity index (χ0n) is 12.3. The molecule has 0 bridgehead atoms. The van der Waals surface area contributed by atoms with Gasteiger partial charge in [0.15, 0.2) is 0 Å². The number of rotatable bonds is 6. The average Bonchev–Trinajstić information content (AvgIpc) is 2.48. The van der Waals surface area contributed by atoms with E-state index in [-0.39, 0.29) is 11.9 Å². The Morgan fingerprint density at radius 2 is 1.71 bits per heavy atom. The molecule has 0 spiro atoms. The molecule has 2 aromatic rings. The fourth-order valence-corrected chi connectivity index (χ4v) is 2.37. The van der Waals surface area contributed by atoms with Crippen molar-refractivity contribution >= 4 is 18.5 Å². The summed E-state index contributed by atoms with van der Waals surface area (Å²) in [7, 11) is 0. The Kier molecular flexibility index (Phi) is 5.88. The van der Waals surface area contributed by atoms with Gasteiger partial charge in [0.1, 0.15) is 0 Å². The summed E-state index contributed by atoms with van der Waals surface area (Å²) in [6, 6.07) is 18.2. The van der Waals surface area contributed by atoms with Gasteiger partial charge in [0.25, 0.3) is 0 Å². The molecule has 1 N–H and O–H groups in total. The summed E-state index contributed by atoms with van der Waals surface area (Å²) >= 11 is 4.24. The van der Waals surface area contributed by atoms with Crippen molar-refractivity contribution in [2.24, 2.45) is 0 Å². The van der Waals surface area contributed by atoms with E-state index in [2.05, 4.69) is 37.0 Å². The third-order valence-electron chi connectivity index (χ3n) is 3.42. The van der Waals surface area contributed by atoms with Crippen molar-refractivity contribution in [3.63, 3.8) is 0 Å². The summed E-state index contributed by atoms with van der Waals surface area (Å²) in [6.45, 7) is 2.05. The summed E-state index contributed by atoms with van der Waals surface area (Å²) in [5.74, 6) is 0.0717. The Hall–Kier alpha value is -1.74. The van der Waals surface area contributed by atoms with Crippen LogP contribution < -0.4 is 5.32 Å². The molecule has 2 rings (SSSR count). The molecule has 3 heteroatoms. The quantitative estimate of drug-likeness (QED) is 0.783. The molecule has 0 aliphatic carbocycles. The van der Waals surface area contributed by atoms with Crippen molar-refractivity contribution in [1.82, 2.24) is 5.32 Å². The molecule has 1 atom stereocenters. The lowest BCUT2D eigenvalue weighted by atomic mass is 10.1. The van der Waals surface area contributed by atoms with Crippen molar-refractivity contribution in [3.05, 3.63) is 65.7 Å². The summed E-state index contributed by atoms with van der Waals surface area (Å²) < 4.78 is 0. The highest BCUT2D eigenvalue weighted by Crippen LogP contribution is 2.09. The topological polar surface area (TPSA) is 29.1 Å². The van der Waals surface area contributed by atoms with Crippen LogP contribution in [0, 0.1) is 0 Å². The molecule has 21 heavy (non-hydrogen) atoms. The molecule has 0 saturated heterocycles. The zero-order valence-corrected chi connectivity index (χ0v) is 13.1. The van der Waals surface area contributed by atoms with Crippen LogP contribution in [0.25, 0.3) is 0 Å². The molecule has 0 aromatic heterocycles. The summed E-state index contributed by atoms with van der Waals surface area (Å²) in [6.07, 6.45) is 2.35. The minimum atomic E-state index is 0.0717. The monoisotopic (exact) mass is 299 g/mol. The Morgan fingerprint density at radius 1 is 1.05 bits per heavy atom. The van der Waals surface area contributed by atoms with Crippen molar-refractivity contribution in [1.29, 1.82) is 0 Å². The number of hydrogen-bond acceptors (Lipinski definition) is 2. The number of amides is 1. The van der Waals surface area contributed by atoms with Crippen LogP contribution in [0.3, 0.4) is 0 Å². The first-order valence-electron chi connectivity index (χ1n) is 7.24. The smallest absolute Gasteiger partial charge is 0.224 e. The van der Waals surface area contributed by atoms with Crippen LogP contribution in [0.5, 0.6) is 0 Å². The van der Waals surface area contributed by atoms with Gasteiger partial charge in [-0.2, -0.15) is 0 Å².